The highest BCUT2D eigenvalue weighted by Crippen LogP contribution is 2.30. The number of aryl methyl sites for hydroxylation is 2. The smallest absolute Gasteiger partial charge is 0.267 e. The molecule has 9 nitrogen and oxygen atoms in total. The molecule has 0 fully saturated rings. The van der Waals surface area contributed by atoms with E-state index in [2.05, 4.69) is 25.7 Å². The number of phenolic OH excluding ortho intramolecular Hbond substituents is 1. The molecule has 0 spiro atoms. The maximum Gasteiger partial charge on any atom is 0.267 e. The van der Waals surface area contributed by atoms with Crippen molar-refractivity contribution in [3.63, 3.8) is 0 Å². The second kappa shape index (κ2) is 7.99. The third-order valence-electron chi connectivity index (χ3n) is 4.56. The minimum absolute atomic E-state index is 0.137. The molecule has 0 aliphatic heterocycles. The summed E-state index contributed by atoms with van der Waals surface area (Å²) in [5, 5.41) is 20.9. The number of thiazole rings is 1. The zero-order valence-electron chi connectivity index (χ0n) is 16.6. The molecule has 3 N–H and O–H groups in total. The van der Waals surface area contributed by atoms with Crippen LogP contribution in [0.5, 0.6) is 5.75 Å². The molecule has 0 unspecified atom stereocenters. The van der Waals surface area contributed by atoms with E-state index in [0.29, 0.717) is 39.5 Å². The number of hydrogen-bond donors (Lipinski definition) is 3. The molecule has 3 aromatic heterocycles. The van der Waals surface area contributed by atoms with Gasteiger partial charge in [0.15, 0.2) is 10.9 Å². The largest absolute Gasteiger partial charge is 0.508 e. The first-order valence-electron chi connectivity index (χ1n) is 9.16. The van der Waals surface area contributed by atoms with Crippen molar-refractivity contribution in [3.8, 4) is 5.75 Å². The molecule has 3 heterocycles. The number of nitrogens with zero attached hydrogens (tertiary/aromatic N) is 4. The highest BCUT2D eigenvalue weighted by atomic mass is 32.1. The summed E-state index contributed by atoms with van der Waals surface area (Å²) in [4.78, 5) is 21.5. The summed E-state index contributed by atoms with van der Waals surface area (Å²) in [6.07, 6.45) is 6.50. The van der Waals surface area contributed by atoms with Crippen molar-refractivity contribution in [1.82, 2.24) is 19.7 Å². The van der Waals surface area contributed by atoms with E-state index in [1.165, 1.54) is 23.8 Å². The van der Waals surface area contributed by atoms with Crippen LogP contribution in [0.25, 0.3) is 0 Å². The number of carbonyl (C=O) groups excluding carboxylic acids is 1. The summed E-state index contributed by atoms with van der Waals surface area (Å²) in [7, 11) is 0. The SMILES string of the molecule is Cc1cn(Cc2ncco2)nc1Nc1ncc(C(=O)Nc2c(C)ccc(O)c2C)s1. The maximum absolute atomic E-state index is 12.7. The van der Waals surface area contributed by atoms with Gasteiger partial charge in [-0.1, -0.05) is 17.4 Å². The Hall–Kier alpha value is -3.66. The van der Waals surface area contributed by atoms with Crippen LogP contribution in [0.3, 0.4) is 0 Å². The van der Waals surface area contributed by atoms with Gasteiger partial charge in [-0.15, -0.1) is 0 Å². The molecule has 0 saturated carbocycles. The molecule has 4 rings (SSSR count). The summed E-state index contributed by atoms with van der Waals surface area (Å²) in [6, 6.07) is 3.37. The normalized spacial score (nSPS) is 10.9. The third-order valence-corrected chi connectivity index (χ3v) is 5.47. The molecule has 10 heteroatoms. The average Bonchev–Trinajstić information content (AvgIpc) is 3.45. The number of rotatable bonds is 6. The molecule has 154 valence electrons. The first-order chi connectivity index (χ1) is 14.4. The summed E-state index contributed by atoms with van der Waals surface area (Å²) in [6.45, 7) is 5.98. The first kappa shape index (κ1) is 19.6. The Morgan fingerprint density at radius 1 is 1.23 bits per heavy atom. The molecule has 0 aliphatic carbocycles. The molecule has 0 bridgehead atoms. The fourth-order valence-electron chi connectivity index (χ4n) is 2.94. The van der Waals surface area contributed by atoms with E-state index in [4.69, 9.17) is 4.42 Å². The van der Waals surface area contributed by atoms with E-state index >= 15 is 0 Å². The van der Waals surface area contributed by atoms with Crippen LogP contribution in [-0.2, 0) is 6.54 Å². The van der Waals surface area contributed by atoms with E-state index in [1.807, 2.05) is 20.0 Å². The number of hydrogen-bond acceptors (Lipinski definition) is 8. The van der Waals surface area contributed by atoms with Gasteiger partial charge in [0.05, 0.1) is 18.1 Å². The quantitative estimate of drug-likeness (QED) is 0.428. The molecule has 1 amide bonds. The number of phenols is 1. The van der Waals surface area contributed by atoms with Gasteiger partial charge in [0.1, 0.15) is 23.4 Å². The van der Waals surface area contributed by atoms with Gasteiger partial charge in [-0.3, -0.25) is 9.48 Å². The van der Waals surface area contributed by atoms with Crippen LogP contribution in [0.15, 0.2) is 41.4 Å². The highest BCUT2D eigenvalue weighted by Gasteiger charge is 2.16. The van der Waals surface area contributed by atoms with Crippen LogP contribution >= 0.6 is 11.3 Å². The second-order valence-electron chi connectivity index (χ2n) is 6.79. The molecular weight excluding hydrogens is 404 g/mol. The summed E-state index contributed by atoms with van der Waals surface area (Å²) < 4.78 is 6.97. The number of anilines is 3. The van der Waals surface area contributed by atoms with Gasteiger partial charge in [-0.2, -0.15) is 5.10 Å². The fourth-order valence-corrected chi connectivity index (χ4v) is 3.65. The molecule has 30 heavy (non-hydrogen) atoms. The van der Waals surface area contributed by atoms with Crippen LogP contribution in [0.1, 0.15) is 32.3 Å². The number of carbonyl (C=O) groups is 1. The first-order valence-corrected chi connectivity index (χ1v) is 9.98. The third kappa shape index (κ3) is 4.03. The van der Waals surface area contributed by atoms with E-state index in [0.717, 1.165) is 11.1 Å². The number of amides is 1. The number of aromatic nitrogens is 4. The topological polar surface area (TPSA) is 118 Å². The molecular formula is C20H20N6O3S. The van der Waals surface area contributed by atoms with E-state index in [-0.39, 0.29) is 11.7 Å². The Morgan fingerprint density at radius 2 is 2.07 bits per heavy atom. The zero-order valence-corrected chi connectivity index (χ0v) is 17.4. The van der Waals surface area contributed by atoms with Gasteiger partial charge in [-0.25, -0.2) is 9.97 Å². The number of aromatic hydroxyl groups is 1. The van der Waals surface area contributed by atoms with Gasteiger partial charge < -0.3 is 20.2 Å². The van der Waals surface area contributed by atoms with Gasteiger partial charge in [0.25, 0.3) is 5.91 Å². The standard InChI is InChI=1S/C20H20N6O3S/c1-11-4-5-14(27)13(3)17(11)23-19(28)15-8-22-20(30-15)24-18-12(2)9-26(25-18)10-16-21-6-7-29-16/h4-9,27H,10H2,1-3H3,(H,23,28)(H,22,24,25). The zero-order chi connectivity index (χ0) is 21.3. The lowest BCUT2D eigenvalue weighted by molar-refractivity contribution is 0.103. The monoisotopic (exact) mass is 424 g/mol. The number of oxazole rings is 1. The average molecular weight is 424 g/mol. The highest BCUT2D eigenvalue weighted by molar-refractivity contribution is 7.17. The van der Waals surface area contributed by atoms with Crippen molar-refractivity contribution in [2.45, 2.75) is 27.3 Å². The van der Waals surface area contributed by atoms with Crippen LogP contribution < -0.4 is 10.6 Å². The van der Waals surface area contributed by atoms with Crippen molar-refractivity contribution in [3.05, 3.63) is 64.4 Å². The van der Waals surface area contributed by atoms with Crippen molar-refractivity contribution >= 4 is 33.9 Å². The minimum atomic E-state index is -0.288. The van der Waals surface area contributed by atoms with E-state index in [1.54, 1.807) is 29.9 Å². The van der Waals surface area contributed by atoms with E-state index < -0.39 is 0 Å². The van der Waals surface area contributed by atoms with Gasteiger partial charge in [-0.05, 0) is 32.4 Å². The predicted octanol–water partition coefficient (Wildman–Crippen LogP) is 4.00. The van der Waals surface area contributed by atoms with Crippen LogP contribution in [0.4, 0.5) is 16.6 Å². The lowest BCUT2D eigenvalue weighted by Gasteiger charge is -2.11. The van der Waals surface area contributed by atoms with Crippen molar-refractivity contribution in [1.29, 1.82) is 0 Å². The lowest BCUT2D eigenvalue weighted by atomic mass is 10.1. The molecule has 0 atom stereocenters. The Balaban J connectivity index is 1.46. The van der Waals surface area contributed by atoms with Gasteiger partial charge in [0, 0.05) is 17.3 Å². The Labute approximate surface area is 176 Å². The number of benzene rings is 1. The summed E-state index contributed by atoms with van der Waals surface area (Å²) in [5.41, 5.74) is 3.02. The summed E-state index contributed by atoms with van der Waals surface area (Å²) in [5.74, 6) is 1.05. The second-order valence-corrected chi connectivity index (χ2v) is 7.83. The predicted molar refractivity (Wildman–Crippen MR) is 113 cm³/mol. The Bertz CT molecular complexity index is 1200. The molecule has 4 aromatic rings. The van der Waals surface area contributed by atoms with Gasteiger partial charge >= 0.3 is 0 Å². The minimum Gasteiger partial charge on any atom is -0.508 e. The van der Waals surface area contributed by atoms with Gasteiger partial charge in [0.2, 0.25) is 5.89 Å². The van der Waals surface area contributed by atoms with Crippen LogP contribution in [0, 0.1) is 20.8 Å². The van der Waals surface area contributed by atoms with Crippen LogP contribution in [0.2, 0.25) is 0 Å². The fraction of sp³-hybridized carbons (Fsp3) is 0.200. The Morgan fingerprint density at radius 3 is 2.83 bits per heavy atom. The van der Waals surface area contributed by atoms with Crippen molar-refractivity contribution in [2.24, 2.45) is 0 Å². The number of nitrogens with one attached hydrogen (secondary N) is 2. The lowest BCUT2D eigenvalue weighted by Crippen LogP contribution is -2.12. The van der Waals surface area contributed by atoms with Crippen molar-refractivity contribution < 1.29 is 14.3 Å². The molecule has 0 radical (unpaired) electrons. The maximum atomic E-state index is 12.7. The molecule has 1 aromatic carbocycles. The Kier molecular flexibility index (Phi) is 5.23. The molecule has 0 saturated heterocycles. The summed E-state index contributed by atoms with van der Waals surface area (Å²) >= 11 is 1.22. The van der Waals surface area contributed by atoms with Crippen molar-refractivity contribution in [2.75, 3.05) is 10.6 Å². The molecule has 0 aliphatic rings. The van der Waals surface area contributed by atoms with Crippen LogP contribution in [-0.4, -0.2) is 30.8 Å². The van der Waals surface area contributed by atoms with E-state index in [9.17, 15) is 9.90 Å².